The zero-order valence-electron chi connectivity index (χ0n) is 10.9. The quantitative estimate of drug-likeness (QED) is 0.756. The van der Waals surface area contributed by atoms with E-state index in [4.69, 9.17) is 5.73 Å². The summed E-state index contributed by atoms with van der Waals surface area (Å²) in [5, 5.41) is 0. The summed E-state index contributed by atoms with van der Waals surface area (Å²) in [4.78, 5) is 15.8. The van der Waals surface area contributed by atoms with Gasteiger partial charge in [-0.2, -0.15) is 0 Å². The molecule has 0 radical (unpaired) electrons. The first kappa shape index (κ1) is 11.5. The molecule has 0 spiro atoms. The van der Waals surface area contributed by atoms with Crippen molar-refractivity contribution in [1.29, 1.82) is 0 Å². The van der Waals surface area contributed by atoms with Gasteiger partial charge in [-0.05, 0) is 38.6 Å². The second-order valence-electron chi connectivity index (χ2n) is 5.50. The van der Waals surface area contributed by atoms with Gasteiger partial charge in [-0.3, -0.25) is 4.90 Å². The number of urea groups is 1. The Kier molecular flexibility index (Phi) is 2.55. The van der Waals surface area contributed by atoms with Crippen molar-refractivity contribution in [2.75, 3.05) is 25.0 Å². The number of nitrogens with two attached hydrogens (primary N) is 1. The molecule has 0 bridgehead atoms. The fourth-order valence-corrected chi connectivity index (χ4v) is 3.37. The summed E-state index contributed by atoms with van der Waals surface area (Å²) >= 11 is 0. The summed E-state index contributed by atoms with van der Waals surface area (Å²) in [7, 11) is 2.14. The van der Waals surface area contributed by atoms with Crippen LogP contribution >= 0.6 is 0 Å². The minimum atomic E-state index is -0.322. The molecule has 0 aliphatic carbocycles. The van der Waals surface area contributed by atoms with Gasteiger partial charge >= 0.3 is 6.03 Å². The summed E-state index contributed by atoms with van der Waals surface area (Å²) in [6.45, 7) is 4.12. The minimum Gasteiger partial charge on any atom is -0.351 e. The highest BCUT2D eigenvalue weighted by atomic mass is 16.2. The normalized spacial score (nSPS) is 26.9. The molecule has 2 aliphatic heterocycles. The molecule has 2 heterocycles. The molecule has 2 aliphatic rings. The Labute approximate surface area is 107 Å². The van der Waals surface area contributed by atoms with Gasteiger partial charge in [-0.25, -0.2) is 4.79 Å². The Hall–Kier alpha value is -1.55. The van der Waals surface area contributed by atoms with E-state index >= 15 is 0 Å². The SMILES string of the molecule is Cc1ccc2c(c1)[C@H]1CN(C)CC[C@@H]1N2C(N)=O. The molecule has 4 nitrogen and oxygen atoms in total. The van der Waals surface area contributed by atoms with Crippen molar-refractivity contribution in [2.45, 2.75) is 25.3 Å². The number of hydrogen-bond acceptors (Lipinski definition) is 2. The van der Waals surface area contributed by atoms with Crippen molar-refractivity contribution in [2.24, 2.45) is 5.73 Å². The maximum absolute atomic E-state index is 11.7. The third kappa shape index (κ3) is 1.60. The van der Waals surface area contributed by atoms with Crippen LogP contribution in [0.1, 0.15) is 23.5 Å². The molecule has 96 valence electrons. The number of hydrogen-bond donors (Lipinski definition) is 1. The van der Waals surface area contributed by atoms with Gasteiger partial charge in [0, 0.05) is 24.2 Å². The fourth-order valence-electron chi connectivity index (χ4n) is 3.37. The summed E-state index contributed by atoms with van der Waals surface area (Å²) in [5.74, 6) is 0.408. The number of likely N-dealkylation sites (N-methyl/N-ethyl adjacent to an activating group) is 1. The summed E-state index contributed by atoms with van der Waals surface area (Å²) in [5.41, 5.74) is 9.10. The zero-order valence-corrected chi connectivity index (χ0v) is 10.9. The Morgan fingerprint density at radius 2 is 2.22 bits per heavy atom. The molecule has 0 saturated carbocycles. The highest BCUT2D eigenvalue weighted by Crippen LogP contribution is 2.44. The molecule has 2 amide bonds. The number of carbonyl (C=O) groups excluding carboxylic acids is 1. The molecule has 3 rings (SSSR count). The lowest BCUT2D eigenvalue weighted by Gasteiger charge is -2.35. The van der Waals surface area contributed by atoms with Crippen molar-refractivity contribution in [3.63, 3.8) is 0 Å². The van der Waals surface area contributed by atoms with Gasteiger partial charge in [0.05, 0.1) is 0 Å². The molecule has 2 atom stereocenters. The highest BCUT2D eigenvalue weighted by Gasteiger charge is 2.43. The van der Waals surface area contributed by atoms with Crippen molar-refractivity contribution >= 4 is 11.7 Å². The van der Waals surface area contributed by atoms with Crippen molar-refractivity contribution in [3.05, 3.63) is 29.3 Å². The van der Waals surface area contributed by atoms with Crippen LogP contribution in [-0.4, -0.2) is 37.1 Å². The van der Waals surface area contributed by atoms with E-state index in [1.54, 1.807) is 4.90 Å². The molecular weight excluding hydrogens is 226 g/mol. The van der Waals surface area contributed by atoms with E-state index in [1.165, 1.54) is 11.1 Å². The number of amides is 2. The van der Waals surface area contributed by atoms with E-state index in [9.17, 15) is 4.79 Å². The zero-order chi connectivity index (χ0) is 12.9. The number of likely N-dealkylation sites (tertiary alicyclic amines) is 1. The van der Waals surface area contributed by atoms with Gasteiger partial charge in [0.25, 0.3) is 0 Å². The van der Waals surface area contributed by atoms with E-state index < -0.39 is 0 Å². The number of benzene rings is 1. The molecule has 0 unspecified atom stereocenters. The molecule has 0 aromatic heterocycles. The van der Waals surface area contributed by atoms with Crippen LogP contribution in [0.2, 0.25) is 0 Å². The van der Waals surface area contributed by atoms with Gasteiger partial charge in [-0.15, -0.1) is 0 Å². The van der Waals surface area contributed by atoms with E-state index in [0.29, 0.717) is 5.92 Å². The second kappa shape index (κ2) is 3.99. The highest BCUT2D eigenvalue weighted by molar-refractivity contribution is 5.94. The first-order valence-corrected chi connectivity index (χ1v) is 6.45. The monoisotopic (exact) mass is 245 g/mol. The average molecular weight is 245 g/mol. The van der Waals surface area contributed by atoms with Crippen molar-refractivity contribution in [1.82, 2.24) is 4.90 Å². The standard InChI is InChI=1S/C14H19N3O/c1-9-3-4-12-10(7-9)11-8-16(2)6-5-13(11)17(12)14(15)18/h3-4,7,11,13H,5-6,8H2,1-2H3,(H2,15,18)/t11-,13+/m1/s1. The van der Waals surface area contributed by atoms with Crippen LogP contribution in [0.4, 0.5) is 10.5 Å². The van der Waals surface area contributed by atoms with Gasteiger partial charge in [0.15, 0.2) is 0 Å². The maximum Gasteiger partial charge on any atom is 0.319 e. The number of fused-ring (bicyclic) bond motifs is 3. The predicted octanol–water partition coefficient (Wildman–Crippen LogP) is 1.68. The number of anilines is 1. The predicted molar refractivity (Wildman–Crippen MR) is 71.9 cm³/mol. The first-order chi connectivity index (χ1) is 8.58. The topological polar surface area (TPSA) is 49.6 Å². The molecule has 1 fully saturated rings. The molecule has 18 heavy (non-hydrogen) atoms. The van der Waals surface area contributed by atoms with E-state index in [2.05, 4.69) is 31.0 Å². The molecule has 1 saturated heterocycles. The molecule has 1 aromatic carbocycles. The fraction of sp³-hybridized carbons (Fsp3) is 0.500. The first-order valence-electron chi connectivity index (χ1n) is 6.45. The van der Waals surface area contributed by atoms with Gasteiger partial charge in [0.1, 0.15) is 0 Å². The average Bonchev–Trinajstić information content (AvgIpc) is 2.62. The van der Waals surface area contributed by atoms with Gasteiger partial charge < -0.3 is 10.6 Å². The number of rotatable bonds is 0. The van der Waals surface area contributed by atoms with Crippen LogP contribution in [0, 0.1) is 6.92 Å². The van der Waals surface area contributed by atoms with E-state index in [1.807, 2.05) is 6.07 Å². The number of nitrogens with zero attached hydrogens (tertiary/aromatic N) is 2. The van der Waals surface area contributed by atoms with Crippen LogP contribution in [0.3, 0.4) is 0 Å². The molecule has 1 aromatic rings. The van der Waals surface area contributed by atoms with Crippen LogP contribution < -0.4 is 10.6 Å². The van der Waals surface area contributed by atoms with E-state index in [-0.39, 0.29) is 12.1 Å². The van der Waals surface area contributed by atoms with Crippen molar-refractivity contribution < 1.29 is 4.79 Å². The summed E-state index contributed by atoms with van der Waals surface area (Å²) in [6.07, 6.45) is 0.998. The Bertz CT molecular complexity index is 500. The molecule has 4 heteroatoms. The Morgan fingerprint density at radius 1 is 1.44 bits per heavy atom. The second-order valence-corrected chi connectivity index (χ2v) is 5.50. The van der Waals surface area contributed by atoms with Crippen LogP contribution in [-0.2, 0) is 0 Å². The number of carbonyl (C=O) groups is 1. The van der Waals surface area contributed by atoms with Crippen LogP contribution in [0.25, 0.3) is 0 Å². The maximum atomic E-state index is 11.7. The van der Waals surface area contributed by atoms with E-state index in [0.717, 1.165) is 25.2 Å². The minimum absolute atomic E-state index is 0.246. The third-order valence-corrected chi connectivity index (χ3v) is 4.19. The third-order valence-electron chi connectivity index (χ3n) is 4.19. The smallest absolute Gasteiger partial charge is 0.319 e. The molecular formula is C14H19N3O. The van der Waals surface area contributed by atoms with Crippen LogP contribution in [0.15, 0.2) is 18.2 Å². The van der Waals surface area contributed by atoms with Crippen molar-refractivity contribution in [3.8, 4) is 0 Å². The largest absolute Gasteiger partial charge is 0.351 e. The Morgan fingerprint density at radius 3 is 2.94 bits per heavy atom. The number of piperidine rings is 1. The lowest BCUT2D eigenvalue weighted by Crippen LogP contribution is -2.48. The number of aryl methyl sites for hydroxylation is 1. The summed E-state index contributed by atoms with van der Waals surface area (Å²) in [6, 6.07) is 6.21. The van der Waals surface area contributed by atoms with Gasteiger partial charge in [-0.1, -0.05) is 17.7 Å². The summed E-state index contributed by atoms with van der Waals surface area (Å²) < 4.78 is 0. The van der Waals surface area contributed by atoms with Crippen LogP contribution in [0.5, 0.6) is 0 Å². The lowest BCUT2D eigenvalue weighted by molar-refractivity contribution is 0.223. The Balaban J connectivity index is 2.09. The number of primary amides is 1. The lowest BCUT2D eigenvalue weighted by atomic mass is 9.89. The molecule has 2 N–H and O–H groups in total. The van der Waals surface area contributed by atoms with Gasteiger partial charge in [0.2, 0.25) is 0 Å².